The predicted octanol–water partition coefficient (Wildman–Crippen LogP) is -0.0268. The molecule has 0 bridgehead atoms. The molecule has 2 N–H and O–H groups in total. The van der Waals surface area contributed by atoms with Gasteiger partial charge in [-0.05, 0) is 6.92 Å². The van der Waals surface area contributed by atoms with Crippen LogP contribution in [0.4, 0.5) is 4.79 Å². The number of carbonyl (C=O) groups excluding carboxylic acids is 1. The number of hydrogen-bond acceptors (Lipinski definition) is 4. The Hall–Kier alpha value is -1.14. The molecule has 2 aliphatic rings. The van der Waals surface area contributed by atoms with Gasteiger partial charge in [-0.2, -0.15) is 4.99 Å². The summed E-state index contributed by atoms with van der Waals surface area (Å²) in [5.74, 6) is 0.374. The van der Waals surface area contributed by atoms with Gasteiger partial charge >= 0.3 is 6.03 Å². The van der Waals surface area contributed by atoms with Gasteiger partial charge in [-0.1, -0.05) is 0 Å². The minimum atomic E-state index is -0.546. The van der Waals surface area contributed by atoms with Crippen LogP contribution in [0.3, 0.4) is 0 Å². The van der Waals surface area contributed by atoms with Crippen molar-refractivity contribution in [3.8, 4) is 0 Å². The Morgan fingerprint density at radius 1 is 1.75 bits per heavy atom. The largest absolute Gasteiger partial charge is 0.385 e. The number of carbonyl (C=O) groups is 1. The molecule has 0 saturated carbocycles. The predicted molar refractivity (Wildman–Crippen MR) is 58.4 cm³/mol. The second kappa shape index (κ2) is 4.03. The highest BCUT2D eigenvalue weighted by Crippen LogP contribution is 2.36. The molecule has 0 aromatic rings. The third kappa shape index (κ3) is 1.41. The third-order valence-electron chi connectivity index (χ3n) is 3.41. The fourth-order valence-corrected chi connectivity index (χ4v) is 2.47. The number of rotatable bonds is 3. The number of urea groups is 1. The molecule has 16 heavy (non-hydrogen) atoms. The Morgan fingerprint density at radius 3 is 3.06 bits per heavy atom. The standard InChI is InChI=1S/C10H17N3O3/c1-7-10(3-5-16-7)8(11)12-9(14)13(10)4-6-15-2/h7H,3-6H2,1-2H3,(H2,11,12,14). The minimum Gasteiger partial charge on any atom is -0.385 e. The van der Waals surface area contributed by atoms with Crippen LogP contribution in [0, 0.1) is 0 Å². The van der Waals surface area contributed by atoms with Crippen LogP contribution in [-0.2, 0) is 9.47 Å². The first-order valence-electron chi connectivity index (χ1n) is 5.39. The van der Waals surface area contributed by atoms with E-state index in [1.54, 1.807) is 12.0 Å². The van der Waals surface area contributed by atoms with Crippen molar-refractivity contribution >= 4 is 11.9 Å². The SMILES string of the molecule is COCCN1C(=O)N=C(N)C12CCOC2C. The second-order valence-corrected chi connectivity index (χ2v) is 4.11. The molecule has 6 nitrogen and oxygen atoms in total. The van der Waals surface area contributed by atoms with Crippen LogP contribution in [0.1, 0.15) is 13.3 Å². The molecule has 2 aliphatic heterocycles. The Kier molecular flexibility index (Phi) is 2.86. The molecule has 1 fully saturated rings. The number of ether oxygens (including phenoxy) is 2. The van der Waals surface area contributed by atoms with Crippen LogP contribution in [0.2, 0.25) is 0 Å². The fraction of sp³-hybridized carbons (Fsp3) is 0.800. The fourth-order valence-electron chi connectivity index (χ4n) is 2.47. The Morgan fingerprint density at radius 2 is 2.50 bits per heavy atom. The van der Waals surface area contributed by atoms with Crippen molar-refractivity contribution < 1.29 is 14.3 Å². The van der Waals surface area contributed by atoms with Gasteiger partial charge in [0.1, 0.15) is 11.4 Å². The highest BCUT2D eigenvalue weighted by Gasteiger charge is 2.55. The van der Waals surface area contributed by atoms with Crippen molar-refractivity contribution in [2.24, 2.45) is 10.7 Å². The van der Waals surface area contributed by atoms with E-state index in [1.165, 1.54) is 0 Å². The number of methoxy groups -OCH3 is 1. The van der Waals surface area contributed by atoms with E-state index >= 15 is 0 Å². The van der Waals surface area contributed by atoms with Gasteiger partial charge in [0.2, 0.25) is 0 Å². The molecule has 2 rings (SSSR count). The number of nitrogens with two attached hydrogens (primary N) is 1. The van der Waals surface area contributed by atoms with Gasteiger partial charge in [0, 0.05) is 26.7 Å². The van der Waals surface area contributed by atoms with Crippen LogP contribution in [0.25, 0.3) is 0 Å². The highest BCUT2D eigenvalue weighted by atomic mass is 16.5. The van der Waals surface area contributed by atoms with Crippen molar-refractivity contribution in [1.82, 2.24) is 4.90 Å². The van der Waals surface area contributed by atoms with E-state index in [2.05, 4.69) is 4.99 Å². The maximum atomic E-state index is 11.7. The van der Waals surface area contributed by atoms with Crippen LogP contribution < -0.4 is 5.73 Å². The van der Waals surface area contributed by atoms with E-state index in [-0.39, 0.29) is 12.1 Å². The molecular weight excluding hydrogens is 210 g/mol. The molecule has 2 atom stereocenters. The number of hydrogen-bond donors (Lipinski definition) is 1. The molecule has 6 heteroatoms. The van der Waals surface area contributed by atoms with Crippen molar-refractivity contribution in [1.29, 1.82) is 0 Å². The van der Waals surface area contributed by atoms with E-state index in [0.717, 1.165) is 0 Å². The van der Waals surface area contributed by atoms with Gasteiger partial charge in [-0.25, -0.2) is 4.79 Å². The van der Waals surface area contributed by atoms with Crippen molar-refractivity contribution in [2.45, 2.75) is 25.0 Å². The van der Waals surface area contributed by atoms with Crippen molar-refractivity contribution in [3.63, 3.8) is 0 Å². The Bertz CT molecular complexity index is 331. The highest BCUT2D eigenvalue weighted by molar-refractivity contribution is 6.06. The number of aliphatic imine (C=N–C) groups is 1. The van der Waals surface area contributed by atoms with E-state index in [0.29, 0.717) is 32.0 Å². The van der Waals surface area contributed by atoms with E-state index in [4.69, 9.17) is 15.2 Å². The van der Waals surface area contributed by atoms with Gasteiger partial charge in [0.05, 0.1) is 12.7 Å². The van der Waals surface area contributed by atoms with Gasteiger partial charge in [0.15, 0.2) is 0 Å². The molecule has 1 saturated heterocycles. The average Bonchev–Trinajstić information content (AvgIpc) is 2.71. The van der Waals surface area contributed by atoms with E-state index < -0.39 is 5.54 Å². The molecule has 0 aromatic carbocycles. The first-order valence-corrected chi connectivity index (χ1v) is 5.39. The zero-order valence-corrected chi connectivity index (χ0v) is 9.60. The van der Waals surface area contributed by atoms with Crippen LogP contribution in [0.5, 0.6) is 0 Å². The summed E-state index contributed by atoms with van der Waals surface area (Å²) in [6.45, 7) is 3.50. The summed E-state index contributed by atoms with van der Waals surface area (Å²) < 4.78 is 10.5. The van der Waals surface area contributed by atoms with Crippen LogP contribution in [-0.4, -0.2) is 55.3 Å². The Labute approximate surface area is 94.4 Å². The summed E-state index contributed by atoms with van der Waals surface area (Å²) in [4.78, 5) is 17.3. The van der Waals surface area contributed by atoms with Crippen molar-refractivity contribution in [2.75, 3.05) is 26.9 Å². The third-order valence-corrected chi connectivity index (χ3v) is 3.41. The summed E-state index contributed by atoms with van der Waals surface area (Å²) >= 11 is 0. The molecule has 2 unspecified atom stereocenters. The lowest BCUT2D eigenvalue weighted by molar-refractivity contribution is 0.0579. The maximum Gasteiger partial charge on any atom is 0.346 e. The summed E-state index contributed by atoms with van der Waals surface area (Å²) in [5, 5.41) is 0. The molecule has 2 amide bonds. The first kappa shape index (κ1) is 11.3. The average molecular weight is 227 g/mol. The molecule has 0 radical (unpaired) electrons. The Balaban J connectivity index is 2.25. The zero-order chi connectivity index (χ0) is 11.8. The topological polar surface area (TPSA) is 77.2 Å². The molecule has 1 spiro atoms. The lowest BCUT2D eigenvalue weighted by atomic mass is 9.89. The lowest BCUT2D eigenvalue weighted by Crippen LogP contribution is -2.59. The zero-order valence-electron chi connectivity index (χ0n) is 9.60. The molecule has 2 heterocycles. The number of amidine groups is 1. The normalized spacial score (nSPS) is 33.9. The quantitative estimate of drug-likeness (QED) is 0.734. The van der Waals surface area contributed by atoms with E-state index in [1.807, 2.05) is 6.92 Å². The van der Waals surface area contributed by atoms with Gasteiger partial charge in [0.25, 0.3) is 0 Å². The van der Waals surface area contributed by atoms with Gasteiger partial charge < -0.3 is 20.1 Å². The van der Waals surface area contributed by atoms with Crippen LogP contribution >= 0.6 is 0 Å². The molecular formula is C10H17N3O3. The summed E-state index contributed by atoms with van der Waals surface area (Å²) in [5.41, 5.74) is 5.34. The lowest BCUT2D eigenvalue weighted by Gasteiger charge is -2.36. The maximum absolute atomic E-state index is 11.7. The summed E-state index contributed by atoms with van der Waals surface area (Å²) in [6.07, 6.45) is 0.596. The molecule has 0 aliphatic carbocycles. The first-order chi connectivity index (χ1) is 7.63. The second-order valence-electron chi connectivity index (χ2n) is 4.11. The van der Waals surface area contributed by atoms with Gasteiger partial charge in [-0.15, -0.1) is 0 Å². The molecule has 0 aromatic heterocycles. The van der Waals surface area contributed by atoms with E-state index in [9.17, 15) is 4.79 Å². The van der Waals surface area contributed by atoms with Crippen LogP contribution in [0.15, 0.2) is 4.99 Å². The molecule has 90 valence electrons. The number of nitrogens with zero attached hydrogens (tertiary/aromatic N) is 2. The van der Waals surface area contributed by atoms with Crippen molar-refractivity contribution in [3.05, 3.63) is 0 Å². The monoisotopic (exact) mass is 227 g/mol. The smallest absolute Gasteiger partial charge is 0.346 e. The minimum absolute atomic E-state index is 0.112. The summed E-state index contributed by atoms with van der Waals surface area (Å²) in [7, 11) is 1.60. The van der Waals surface area contributed by atoms with Gasteiger partial charge in [-0.3, -0.25) is 0 Å². The number of amides is 2. The summed E-state index contributed by atoms with van der Waals surface area (Å²) in [6, 6.07) is -0.285.